The molecule has 0 saturated carbocycles. The largest absolute Gasteiger partial charge is 0.457 e. The van der Waals surface area contributed by atoms with E-state index in [-0.39, 0.29) is 0 Å². The zero-order valence-electron chi connectivity index (χ0n) is 8.16. The molecule has 1 nitrogen and oxygen atoms in total. The number of allylic oxidation sites excluding steroid dienone is 1. The molecule has 0 N–H and O–H groups in total. The lowest BCUT2D eigenvalue weighted by atomic mass is 10.1. The van der Waals surface area contributed by atoms with E-state index in [1.807, 2.05) is 31.2 Å². The van der Waals surface area contributed by atoms with Crippen LogP contribution in [0.5, 0.6) is 0 Å². The molecule has 0 spiro atoms. The molecule has 0 amide bonds. The summed E-state index contributed by atoms with van der Waals surface area (Å²) in [7, 11) is 0. The molecule has 70 valence electrons. The third-order valence-corrected chi connectivity index (χ3v) is 2.12. The quantitative estimate of drug-likeness (QED) is 0.684. The minimum Gasteiger partial charge on any atom is -0.457 e. The molecule has 0 aliphatic carbocycles. The van der Waals surface area contributed by atoms with Crippen molar-refractivity contribution < 1.29 is 4.42 Å². The maximum atomic E-state index is 5.51. The van der Waals surface area contributed by atoms with Gasteiger partial charge >= 0.3 is 0 Å². The van der Waals surface area contributed by atoms with Gasteiger partial charge in [-0.25, -0.2) is 0 Å². The van der Waals surface area contributed by atoms with E-state index in [2.05, 4.69) is 18.7 Å². The lowest BCUT2D eigenvalue weighted by Crippen LogP contribution is -1.69. The van der Waals surface area contributed by atoms with Crippen LogP contribution in [-0.4, -0.2) is 0 Å². The summed E-state index contributed by atoms with van der Waals surface area (Å²) in [6.07, 6.45) is 5.81. The highest BCUT2D eigenvalue weighted by atomic mass is 16.3. The number of fused-ring (bicyclic) bond motifs is 1. The number of hydrogen-bond donors (Lipinski definition) is 0. The first-order valence-corrected chi connectivity index (χ1v) is 4.62. The summed E-state index contributed by atoms with van der Waals surface area (Å²) in [5.41, 5.74) is 2.10. The van der Waals surface area contributed by atoms with Crippen molar-refractivity contribution in [3.63, 3.8) is 0 Å². The molecule has 0 radical (unpaired) electrons. The van der Waals surface area contributed by atoms with Crippen LogP contribution >= 0.6 is 0 Å². The Kier molecular flexibility index (Phi) is 2.23. The topological polar surface area (TPSA) is 13.1 Å². The Morgan fingerprint density at radius 1 is 1.29 bits per heavy atom. The average molecular weight is 184 g/mol. The number of furan rings is 1. The summed E-state index contributed by atoms with van der Waals surface area (Å²) in [5.74, 6) is 0.817. The first-order chi connectivity index (χ1) is 6.83. The van der Waals surface area contributed by atoms with E-state index in [4.69, 9.17) is 4.42 Å². The molecule has 1 heterocycles. The molecular weight excluding hydrogens is 172 g/mol. The Labute approximate surface area is 83.4 Å². The van der Waals surface area contributed by atoms with E-state index < -0.39 is 0 Å². The summed E-state index contributed by atoms with van der Waals surface area (Å²) >= 11 is 0. The van der Waals surface area contributed by atoms with E-state index in [1.165, 1.54) is 5.56 Å². The van der Waals surface area contributed by atoms with E-state index in [0.29, 0.717) is 0 Å². The van der Waals surface area contributed by atoms with Crippen LogP contribution in [0, 0.1) is 0 Å². The lowest BCUT2D eigenvalue weighted by molar-refractivity contribution is 0.604. The van der Waals surface area contributed by atoms with Crippen LogP contribution in [0.3, 0.4) is 0 Å². The van der Waals surface area contributed by atoms with Gasteiger partial charge in [0.2, 0.25) is 0 Å². The summed E-state index contributed by atoms with van der Waals surface area (Å²) in [4.78, 5) is 0. The van der Waals surface area contributed by atoms with Crippen LogP contribution in [0.4, 0.5) is 0 Å². The molecule has 2 aromatic rings. The van der Waals surface area contributed by atoms with Crippen LogP contribution < -0.4 is 0 Å². The molecule has 0 fully saturated rings. The van der Waals surface area contributed by atoms with Gasteiger partial charge in [-0.3, -0.25) is 0 Å². The van der Waals surface area contributed by atoms with Gasteiger partial charge in [0.15, 0.2) is 0 Å². The van der Waals surface area contributed by atoms with Gasteiger partial charge in [0.25, 0.3) is 0 Å². The van der Waals surface area contributed by atoms with Gasteiger partial charge in [-0.1, -0.05) is 24.8 Å². The number of rotatable bonds is 2. The molecule has 0 saturated heterocycles. The molecule has 0 atom stereocenters. The summed E-state index contributed by atoms with van der Waals surface area (Å²) in [6.45, 7) is 5.69. The molecule has 14 heavy (non-hydrogen) atoms. The van der Waals surface area contributed by atoms with Gasteiger partial charge < -0.3 is 4.42 Å². The van der Waals surface area contributed by atoms with Crippen molar-refractivity contribution in [2.45, 2.75) is 6.92 Å². The van der Waals surface area contributed by atoms with Gasteiger partial charge in [-0.2, -0.15) is 0 Å². The fourth-order valence-electron chi connectivity index (χ4n) is 1.48. The normalized spacial score (nSPS) is 11.2. The SMILES string of the molecule is C=Cc1cc2cc(/C=C/C)ccc2o1. The Hall–Kier alpha value is -1.76. The van der Waals surface area contributed by atoms with Crippen molar-refractivity contribution in [2.75, 3.05) is 0 Å². The van der Waals surface area contributed by atoms with Crippen molar-refractivity contribution in [2.24, 2.45) is 0 Å². The molecule has 2 rings (SSSR count). The van der Waals surface area contributed by atoms with Crippen molar-refractivity contribution in [3.8, 4) is 0 Å². The predicted octanol–water partition coefficient (Wildman–Crippen LogP) is 4.11. The van der Waals surface area contributed by atoms with Crippen LogP contribution in [-0.2, 0) is 0 Å². The molecule has 0 bridgehead atoms. The first-order valence-electron chi connectivity index (χ1n) is 4.62. The standard InChI is InChI=1S/C13H12O/c1-3-5-10-6-7-13-11(8-10)9-12(4-2)14-13/h3-9H,2H2,1H3/b5-3+. The van der Waals surface area contributed by atoms with Crippen molar-refractivity contribution >= 4 is 23.1 Å². The second-order valence-corrected chi connectivity index (χ2v) is 3.15. The van der Waals surface area contributed by atoms with Crippen molar-refractivity contribution in [1.29, 1.82) is 0 Å². The molecular formula is C13H12O. The predicted molar refractivity (Wildman–Crippen MR) is 61.0 cm³/mol. The van der Waals surface area contributed by atoms with E-state index in [0.717, 1.165) is 16.7 Å². The summed E-state index contributed by atoms with van der Waals surface area (Å²) in [6, 6.07) is 8.12. The molecule has 1 heteroatoms. The number of benzene rings is 1. The van der Waals surface area contributed by atoms with Crippen molar-refractivity contribution in [1.82, 2.24) is 0 Å². The fraction of sp³-hybridized carbons (Fsp3) is 0.0769. The average Bonchev–Trinajstić information content (AvgIpc) is 2.60. The summed E-state index contributed by atoms with van der Waals surface area (Å²) < 4.78 is 5.51. The minimum atomic E-state index is 0.817. The zero-order valence-corrected chi connectivity index (χ0v) is 8.16. The Balaban J connectivity index is 2.59. The maximum Gasteiger partial charge on any atom is 0.134 e. The van der Waals surface area contributed by atoms with E-state index in [9.17, 15) is 0 Å². The van der Waals surface area contributed by atoms with Crippen LogP contribution in [0.2, 0.25) is 0 Å². The second kappa shape index (κ2) is 3.54. The number of hydrogen-bond acceptors (Lipinski definition) is 1. The molecule has 0 aliphatic heterocycles. The Morgan fingerprint density at radius 2 is 2.14 bits per heavy atom. The summed E-state index contributed by atoms with van der Waals surface area (Å²) in [5, 5.41) is 1.12. The third-order valence-electron chi connectivity index (χ3n) is 2.12. The Bertz CT molecular complexity index is 489. The van der Waals surface area contributed by atoms with E-state index in [1.54, 1.807) is 6.08 Å². The molecule has 1 aromatic carbocycles. The molecule has 0 unspecified atom stereocenters. The first kappa shape index (κ1) is 8.82. The second-order valence-electron chi connectivity index (χ2n) is 3.15. The Morgan fingerprint density at radius 3 is 2.86 bits per heavy atom. The highest BCUT2D eigenvalue weighted by molar-refractivity contribution is 5.82. The van der Waals surface area contributed by atoms with Gasteiger partial charge in [-0.05, 0) is 36.8 Å². The highest BCUT2D eigenvalue weighted by Gasteiger charge is 2.00. The zero-order chi connectivity index (χ0) is 9.97. The van der Waals surface area contributed by atoms with Crippen molar-refractivity contribution in [3.05, 3.63) is 48.2 Å². The van der Waals surface area contributed by atoms with Crippen LogP contribution in [0.15, 0.2) is 41.3 Å². The lowest BCUT2D eigenvalue weighted by Gasteiger charge is -1.91. The molecule has 1 aromatic heterocycles. The monoisotopic (exact) mass is 184 g/mol. The van der Waals surface area contributed by atoms with Gasteiger partial charge in [0, 0.05) is 5.39 Å². The third kappa shape index (κ3) is 1.49. The van der Waals surface area contributed by atoms with E-state index >= 15 is 0 Å². The molecule has 0 aliphatic rings. The highest BCUT2D eigenvalue weighted by Crippen LogP contribution is 2.21. The van der Waals surface area contributed by atoms with Gasteiger partial charge in [-0.15, -0.1) is 0 Å². The van der Waals surface area contributed by atoms with Gasteiger partial charge in [0.1, 0.15) is 11.3 Å². The smallest absolute Gasteiger partial charge is 0.134 e. The minimum absolute atomic E-state index is 0.817. The fourth-order valence-corrected chi connectivity index (χ4v) is 1.48. The van der Waals surface area contributed by atoms with Gasteiger partial charge in [0.05, 0.1) is 0 Å². The van der Waals surface area contributed by atoms with Crippen LogP contribution in [0.1, 0.15) is 18.2 Å². The van der Waals surface area contributed by atoms with Crippen LogP contribution in [0.25, 0.3) is 23.1 Å². The maximum absolute atomic E-state index is 5.51.